The molecule has 1 aliphatic heterocycles. The van der Waals surface area contributed by atoms with E-state index >= 15 is 0 Å². The molecule has 3 rings (SSSR count). The molecular formula is C16H14ClF4N2OP. The number of anilines is 1. The van der Waals surface area contributed by atoms with Gasteiger partial charge in [-0.15, -0.1) is 0 Å². The van der Waals surface area contributed by atoms with E-state index < -0.39 is 24.7 Å². The molecule has 2 heterocycles. The maximum atomic E-state index is 13.9. The maximum absolute atomic E-state index is 13.9. The summed E-state index contributed by atoms with van der Waals surface area (Å²) < 4.78 is 65.0. The van der Waals surface area contributed by atoms with Crippen molar-refractivity contribution >= 4 is 29.9 Å². The summed E-state index contributed by atoms with van der Waals surface area (Å²) >= 11 is 5.95. The lowest BCUT2D eigenvalue weighted by atomic mass is 10.2. The molecule has 3 nitrogen and oxygen atoms in total. The van der Waals surface area contributed by atoms with Crippen LogP contribution >= 0.6 is 18.7 Å². The van der Waals surface area contributed by atoms with E-state index in [-0.39, 0.29) is 41.6 Å². The Kier molecular flexibility index (Phi) is 4.82. The molecular weight excluding hydrogens is 379 g/mol. The van der Waals surface area contributed by atoms with E-state index in [0.717, 1.165) is 12.3 Å². The van der Waals surface area contributed by atoms with Crippen LogP contribution in [0.4, 0.5) is 23.4 Å². The Bertz CT molecular complexity index is 831. The fourth-order valence-corrected chi connectivity index (χ4v) is 5.78. The van der Waals surface area contributed by atoms with Gasteiger partial charge in [-0.2, -0.15) is 13.2 Å². The lowest BCUT2D eigenvalue weighted by molar-refractivity contribution is -0.137. The first-order valence-electron chi connectivity index (χ1n) is 7.51. The van der Waals surface area contributed by atoms with Gasteiger partial charge in [-0.25, -0.2) is 9.37 Å². The van der Waals surface area contributed by atoms with Crippen LogP contribution < -0.4 is 10.2 Å². The highest BCUT2D eigenvalue weighted by Crippen LogP contribution is 2.47. The first-order chi connectivity index (χ1) is 11.7. The molecule has 1 aromatic heterocycles. The fraction of sp³-hybridized carbons (Fsp3) is 0.312. The number of pyridine rings is 1. The van der Waals surface area contributed by atoms with E-state index in [0.29, 0.717) is 0 Å². The first-order valence-corrected chi connectivity index (χ1v) is 9.97. The van der Waals surface area contributed by atoms with E-state index in [1.807, 2.05) is 0 Å². The summed E-state index contributed by atoms with van der Waals surface area (Å²) in [7, 11) is -2.88. The minimum absolute atomic E-state index is 0.113. The van der Waals surface area contributed by atoms with Crippen molar-refractivity contribution in [2.45, 2.75) is 6.18 Å². The number of halogens is 5. The molecule has 0 saturated carbocycles. The van der Waals surface area contributed by atoms with Crippen LogP contribution in [0.3, 0.4) is 0 Å². The van der Waals surface area contributed by atoms with Gasteiger partial charge in [0.25, 0.3) is 0 Å². The molecule has 1 saturated heterocycles. The number of rotatable bonds is 2. The van der Waals surface area contributed by atoms with Gasteiger partial charge >= 0.3 is 6.18 Å². The van der Waals surface area contributed by atoms with Gasteiger partial charge in [0.15, 0.2) is 0 Å². The highest BCUT2D eigenvalue weighted by atomic mass is 35.5. The molecule has 0 unspecified atom stereocenters. The molecule has 1 aliphatic rings. The Labute approximate surface area is 147 Å². The van der Waals surface area contributed by atoms with Crippen molar-refractivity contribution in [1.82, 2.24) is 4.98 Å². The van der Waals surface area contributed by atoms with Crippen molar-refractivity contribution in [1.29, 1.82) is 0 Å². The van der Waals surface area contributed by atoms with Gasteiger partial charge in [-0.05, 0) is 18.2 Å². The van der Waals surface area contributed by atoms with Crippen molar-refractivity contribution in [3.8, 4) is 0 Å². The van der Waals surface area contributed by atoms with E-state index in [4.69, 9.17) is 11.6 Å². The standard InChI is InChI=1S/C16H14ClF4N2OP/c17-12-9-11(16(19,20)21)10-22-15(12)23-5-7-25(24,8-6-23)14-4-2-1-3-13(14)18/h1-4,9-10H,5-8H2. The Hall–Kier alpha value is -1.59. The molecule has 0 bridgehead atoms. The number of aromatic nitrogens is 1. The van der Waals surface area contributed by atoms with Crippen molar-refractivity contribution in [3.63, 3.8) is 0 Å². The second-order valence-electron chi connectivity index (χ2n) is 5.80. The summed E-state index contributed by atoms with van der Waals surface area (Å²) in [5.74, 6) is -0.278. The largest absolute Gasteiger partial charge is 0.417 e. The molecule has 0 N–H and O–H groups in total. The molecule has 0 aliphatic carbocycles. The van der Waals surface area contributed by atoms with Gasteiger partial charge < -0.3 is 9.46 Å². The Morgan fingerprint density at radius 3 is 2.36 bits per heavy atom. The smallest absolute Gasteiger partial charge is 0.354 e. The van der Waals surface area contributed by atoms with Gasteiger partial charge in [0.05, 0.1) is 10.6 Å². The molecule has 9 heteroatoms. The van der Waals surface area contributed by atoms with E-state index in [2.05, 4.69) is 4.98 Å². The zero-order chi connectivity index (χ0) is 18.2. The van der Waals surface area contributed by atoms with Crippen molar-refractivity contribution < 1.29 is 22.1 Å². The average Bonchev–Trinajstić information content (AvgIpc) is 2.55. The van der Waals surface area contributed by atoms with Gasteiger partial charge in [0, 0.05) is 36.9 Å². The predicted molar refractivity (Wildman–Crippen MR) is 89.8 cm³/mol. The zero-order valence-electron chi connectivity index (χ0n) is 12.9. The van der Waals surface area contributed by atoms with Crippen LogP contribution in [0.25, 0.3) is 0 Å². The Morgan fingerprint density at radius 1 is 1.16 bits per heavy atom. The number of hydrogen-bond donors (Lipinski definition) is 0. The van der Waals surface area contributed by atoms with Crippen LogP contribution in [0.15, 0.2) is 36.5 Å². The quantitative estimate of drug-likeness (QED) is 0.561. The summed E-state index contributed by atoms with van der Waals surface area (Å²) in [5, 5.41) is 0.110. The molecule has 2 aromatic rings. The Balaban J connectivity index is 1.79. The highest BCUT2D eigenvalue weighted by molar-refractivity contribution is 7.71. The Morgan fingerprint density at radius 2 is 1.80 bits per heavy atom. The van der Waals surface area contributed by atoms with Crippen LogP contribution in [-0.4, -0.2) is 30.4 Å². The fourth-order valence-electron chi connectivity index (χ4n) is 2.84. The maximum Gasteiger partial charge on any atom is 0.417 e. The summed E-state index contributed by atoms with van der Waals surface area (Å²) in [4.78, 5) is 5.50. The summed E-state index contributed by atoms with van der Waals surface area (Å²) in [5.41, 5.74) is -0.921. The molecule has 0 amide bonds. The van der Waals surface area contributed by atoms with E-state index in [1.165, 1.54) is 18.2 Å². The molecule has 1 aromatic carbocycles. The lowest BCUT2D eigenvalue weighted by Crippen LogP contribution is -2.38. The normalized spacial score (nSPS) is 17.6. The number of nitrogens with zero attached hydrogens (tertiary/aromatic N) is 2. The third kappa shape index (κ3) is 3.67. The summed E-state index contributed by atoms with van der Waals surface area (Å²) in [6, 6.07) is 6.80. The third-order valence-corrected chi connectivity index (χ3v) is 7.57. The first kappa shape index (κ1) is 18.2. The molecule has 1 fully saturated rings. The van der Waals surface area contributed by atoms with Gasteiger partial charge in [0.2, 0.25) is 0 Å². The minimum atomic E-state index is -4.52. The molecule has 0 radical (unpaired) electrons. The van der Waals surface area contributed by atoms with E-state index in [1.54, 1.807) is 11.0 Å². The number of hydrogen-bond acceptors (Lipinski definition) is 3. The SMILES string of the molecule is O=P1(c2ccccc2F)CCN(c2ncc(C(F)(F)F)cc2Cl)CC1. The molecule has 134 valence electrons. The summed E-state index contributed by atoms with van der Waals surface area (Å²) in [6.45, 7) is 0.563. The lowest BCUT2D eigenvalue weighted by Gasteiger charge is -2.33. The number of benzene rings is 1. The van der Waals surface area contributed by atoms with Gasteiger partial charge in [-0.3, -0.25) is 0 Å². The van der Waals surface area contributed by atoms with Gasteiger partial charge in [-0.1, -0.05) is 23.7 Å². The van der Waals surface area contributed by atoms with Crippen LogP contribution in [0.2, 0.25) is 5.02 Å². The second kappa shape index (κ2) is 6.61. The van der Waals surface area contributed by atoms with Crippen LogP contribution in [0.5, 0.6) is 0 Å². The van der Waals surface area contributed by atoms with Crippen molar-refractivity contribution in [2.75, 3.05) is 30.3 Å². The number of alkyl halides is 3. The third-order valence-electron chi connectivity index (χ3n) is 4.20. The van der Waals surface area contributed by atoms with Crippen LogP contribution in [-0.2, 0) is 10.7 Å². The predicted octanol–water partition coefficient (Wildman–Crippen LogP) is 4.40. The van der Waals surface area contributed by atoms with E-state index in [9.17, 15) is 22.1 Å². The van der Waals surface area contributed by atoms with Crippen LogP contribution in [0.1, 0.15) is 5.56 Å². The topological polar surface area (TPSA) is 33.2 Å². The highest BCUT2D eigenvalue weighted by Gasteiger charge is 2.35. The molecule has 0 spiro atoms. The van der Waals surface area contributed by atoms with Crippen LogP contribution in [0, 0.1) is 5.82 Å². The zero-order valence-corrected chi connectivity index (χ0v) is 14.6. The van der Waals surface area contributed by atoms with Crippen molar-refractivity contribution in [2.24, 2.45) is 0 Å². The molecule has 25 heavy (non-hydrogen) atoms. The van der Waals surface area contributed by atoms with Gasteiger partial charge in [0.1, 0.15) is 18.8 Å². The van der Waals surface area contributed by atoms with Crippen molar-refractivity contribution in [3.05, 3.63) is 52.9 Å². The second-order valence-corrected chi connectivity index (χ2v) is 9.36. The molecule has 0 atom stereocenters. The summed E-state index contributed by atoms with van der Waals surface area (Å²) in [6.07, 6.45) is -3.36. The monoisotopic (exact) mass is 392 g/mol. The minimum Gasteiger partial charge on any atom is -0.354 e. The average molecular weight is 393 g/mol.